The molecule has 0 atom stereocenters. The van der Waals surface area contributed by atoms with E-state index in [0.29, 0.717) is 4.90 Å². The van der Waals surface area contributed by atoms with Crippen LogP contribution in [0.15, 0.2) is 34.1 Å². The Hall–Kier alpha value is -0.130. The van der Waals surface area contributed by atoms with Crippen molar-refractivity contribution in [1.82, 2.24) is 0 Å². The minimum Gasteiger partial charge on any atom is -0.224 e. The average molecular weight is 220 g/mol. The van der Waals surface area contributed by atoms with Crippen LogP contribution in [0.5, 0.6) is 0 Å². The van der Waals surface area contributed by atoms with Crippen molar-refractivity contribution >= 4 is 32.3 Å². The second-order valence-electron chi connectivity index (χ2n) is 2.33. The highest BCUT2D eigenvalue weighted by Gasteiger charge is 2.05. The van der Waals surface area contributed by atoms with Gasteiger partial charge in [-0.15, -0.1) is 11.7 Å². The Balaban J connectivity index is 3.09. The molecule has 0 amide bonds. The van der Waals surface area contributed by atoms with Crippen LogP contribution >= 0.6 is 22.5 Å². The lowest BCUT2D eigenvalue weighted by Gasteiger charge is -1.98. The van der Waals surface area contributed by atoms with E-state index in [9.17, 15) is 8.42 Å². The maximum absolute atomic E-state index is 11.0. The molecule has 0 aliphatic carbocycles. The molecule has 0 heterocycles. The van der Waals surface area contributed by atoms with Crippen LogP contribution in [0.2, 0.25) is 0 Å². The number of benzene rings is 1. The summed E-state index contributed by atoms with van der Waals surface area (Å²) in [5.41, 5.74) is 0. The van der Waals surface area contributed by atoms with E-state index in [1.54, 1.807) is 24.3 Å². The van der Waals surface area contributed by atoms with E-state index in [0.717, 1.165) is 4.90 Å². The van der Waals surface area contributed by atoms with Gasteiger partial charge in [0, 0.05) is 11.2 Å². The molecule has 1 aromatic carbocycles. The molecule has 0 spiro atoms. The van der Waals surface area contributed by atoms with Gasteiger partial charge in [-0.25, -0.2) is 8.42 Å². The summed E-state index contributed by atoms with van der Waals surface area (Å²) in [6, 6.07) is 6.61. The summed E-state index contributed by atoms with van der Waals surface area (Å²) in [5, 5.41) is 0. The summed E-state index contributed by atoms with van der Waals surface area (Å²) in [6.07, 6.45) is 1.19. The monoisotopic (exact) mass is 220 g/mol. The van der Waals surface area contributed by atoms with Gasteiger partial charge in [0.1, 0.15) is 0 Å². The lowest BCUT2D eigenvalue weighted by atomic mass is 10.4. The Morgan fingerprint density at radius 2 is 1.75 bits per heavy atom. The van der Waals surface area contributed by atoms with Crippen LogP contribution in [-0.4, -0.2) is 14.7 Å². The van der Waals surface area contributed by atoms with Crippen molar-refractivity contribution in [3.8, 4) is 0 Å². The average Bonchev–Trinajstić information content (AvgIpc) is 2.03. The molecule has 0 fully saturated rings. The fourth-order valence-electron chi connectivity index (χ4n) is 0.748. The maximum Gasteiger partial charge on any atom is 0.175 e. The van der Waals surface area contributed by atoms with Gasteiger partial charge >= 0.3 is 0 Å². The van der Waals surface area contributed by atoms with Crippen LogP contribution in [-0.2, 0) is 9.84 Å². The second kappa shape index (κ2) is 3.72. The minimum absolute atomic E-state index is 0.341. The third-order valence-corrected chi connectivity index (χ3v) is 3.60. The van der Waals surface area contributed by atoms with E-state index in [1.165, 1.54) is 17.0 Å². The lowest BCUT2D eigenvalue weighted by molar-refractivity contribution is 0.602. The van der Waals surface area contributed by atoms with Crippen LogP contribution in [0.3, 0.4) is 0 Å². The van der Waals surface area contributed by atoms with Gasteiger partial charge in [0.2, 0.25) is 0 Å². The molecule has 0 unspecified atom stereocenters. The van der Waals surface area contributed by atoms with E-state index in [2.05, 4.69) is 11.7 Å². The summed E-state index contributed by atoms with van der Waals surface area (Å²) in [7, 11) is -1.77. The number of rotatable bonds is 2. The van der Waals surface area contributed by atoms with Crippen LogP contribution in [0, 0.1) is 0 Å². The quantitative estimate of drug-likeness (QED) is 0.611. The van der Waals surface area contributed by atoms with Gasteiger partial charge in [-0.1, -0.05) is 10.8 Å². The standard InChI is InChI=1S/C7H8O2S3/c1-12(8,9)7-4-2-6(11-10)3-5-7/h2-5,10H,1H3. The summed E-state index contributed by atoms with van der Waals surface area (Å²) in [4.78, 5) is 1.28. The van der Waals surface area contributed by atoms with Crippen molar-refractivity contribution in [3.63, 3.8) is 0 Å². The molecule has 0 aliphatic heterocycles. The van der Waals surface area contributed by atoms with E-state index < -0.39 is 9.84 Å². The van der Waals surface area contributed by atoms with E-state index in [4.69, 9.17) is 0 Å². The van der Waals surface area contributed by atoms with Crippen molar-refractivity contribution < 1.29 is 8.42 Å². The van der Waals surface area contributed by atoms with Gasteiger partial charge in [-0.05, 0) is 24.3 Å². The first-order chi connectivity index (χ1) is 5.54. The molecule has 5 heteroatoms. The molecule has 2 nitrogen and oxygen atoms in total. The molecule has 12 heavy (non-hydrogen) atoms. The Morgan fingerprint density at radius 3 is 2.08 bits per heavy atom. The first-order valence-corrected chi connectivity index (χ1v) is 6.91. The Bertz CT molecular complexity index is 353. The molecule has 0 saturated carbocycles. The fourth-order valence-corrected chi connectivity index (χ4v) is 2.00. The zero-order valence-electron chi connectivity index (χ0n) is 6.39. The molecular formula is C7H8O2S3. The third kappa shape index (κ3) is 2.43. The minimum atomic E-state index is -3.06. The molecule has 66 valence electrons. The summed E-state index contributed by atoms with van der Waals surface area (Å²) in [5.74, 6) is 0. The van der Waals surface area contributed by atoms with E-state index >= 15 is 0 Å². The van der Waals surface area contributed by atoms with Crippen molar-refractivity contribution in [3.05, 3.63) is 24.3 Å². The summed E-state index contributed by atoms with van der Waals surface area (Å²) in [6.45, 7) is 0. The normalized spacial score (nSPS) is 11.5. The molecule has 0 bridgehead atoms. The van der Waals surface area contributed by atoms with Crippen LogP contribution in [0.25, 0.3) is 0 Å². The van der Waals surface area contributed by atoms with Gasteiger partial charge in [-0.2, -0.15) is 0 Å². The number of sulfone groups is 1. The van der Waals surface area contributed by atoms with Gasteiger partial charge < -0.3 is 0 Å². The number of hydrogen-bond acceptors (Lipinski definition) is 4. The third-order valence-electron chi connectivity index (χ3n) is 1.36. The highest BCUT2D eigenvalue weighted by molar-refractivity contribution is 8.68. The molecule has 0 N–H and O–H groups in total. The topological polar surface area (TPSA) is 34.1 Å². The zero-order chi connectivity index (χ0) is 9.19. The largest absolute Gasteiger partial charge is 0.224 e. The first-order valence-electron chi connectivity index (χ1n) is 3.15. The molecular weight excluding hydrogens is 212 g/mol. The maximum atomic E-state index is 11.0. The van der Waals surface area contributed by atoms with Gasteiger partial charge in [0.25, 0.3) is 0 Å². The molecule has 0 aliphatic rings. The van der Waals surface area contributed by atoms with Gasteiger partial charge in [0.05, 0.1) is 4.90 Å². The summed E-state index contributed by atoms with van der Waals surface area (Å²) < 4.78 is 22.0. The highest BCUT2D eigenvalue weighted by Crippen LogP contribution is 2.22. The van der Waals surface area contributed by atoms with Crippen LogP contribution < -0.4 is 0 Å². The Morgan fingerprint density at radius 1 is 1.25 bits per heavy atom. The molecule has 0 radical (unpaired) electrons. The molecule has 1 rings (SSSR count). The van der Waals surface area contributed by atoms with E-state index in [1.807, 2.05) is 0 Å². The van der Waals surface area contributed by atoms with Crippen molar-refractivity contribution in [2.45, 2.75) is 9.79 Å². The van der Waals surface area contributed by atoms with Crippen molar-refractivity contribution in [1.29, 1.82) is 0 Å². The van der Waals surface area contributed by atoms with Crippen LogP contribution in [0.4, 0.5) is 0 Å². The predicted molar refractivity (Wildman–Crippen MR) is 54.4 cm³/mol. The van der Waals surface area contributed by atoms with Crippen LogP contribution in [0.1, 0.15) is 0 Å². The molecule has 0 saturated heterocycles. The fraction of sp³-hybridized carbons (Fsp3) is 0.143. The summed E-state index contributed by atoms with van der Waals surface area (Å²) >= 11 is 3.98. The van der Waals surface area contributed by atoms with Gasteiger partial charge in [-0.3, -0.25) is 0 Å². The Kier molecular flexibility index (Phi) is 3.09. The first kappa shape index (κ1) is 9.95. The number of thiol groups is 1. The lowest BCUT2D eigenvalue weighted by Crippen LogP contribution is -1.95. The highest BCUT2D eigenvalue weighted by atomic mass is 33.1. The Labute approximate surface area is 81.1 Å². The number of hydrogen-bond donors (Lipinski definition) is 1. The van der Waals surface area contributed by atoms with E-state index in [-0.39, 0.29) is 0 Å². The zero-order valence-corrected chi connectivity index (χ0v) is 8.92. The molecule has 1 aromatic rings. The van der Waals surface area contributed by atoms with Crippen molar-refractivity contribution in [2.75, 3.05) is 6.26 Å². The SMILES string of the molecule is CS(=O)(=O)c1ccc(SS)cc1. The second-order valence-corrected chi connectivity index (χ2v) is 5.55. The van der Waals surface area contributed by atoms with Crippen molar-refractivity contribution in [2.24, 2.45) is 0 Å². The molecule has 0 aromatic heterocycles. The van der Waals surface area contributed by atoms with Gasteiger partial charge in [0.15, 0.2) is 9.84 Å². The smallest absolute Gasteiger partial charge is 0.175 e. The predicted octanol–water partition coefficient (Wildman–Crippen LogP) is 2.03.